The Morgan fingerprint density at radius 1 is 1.11 bits per heavy atom. The lowest BCUT2D eigenvalue weighted by molar-refractivity contribution is 0.238. The topological polar surface area (TPSA) is 61.0 Å². The number of hydrogen-bond donors (Lipinski definition) is 2. The third-order valence-corrected chi connectivity index (χ3v) is 4.80. The fourth-order valence-electron chi connectivity index (χ4n) is 3.35. The molecule has 1 aliphatic heterocycles. The van der Waals surface area contributed by atoms with Crippen molar-refractivity contribution in [3.8, 4) is 0 Å². The average Bonchev–Trinajstić information content (AvgIpc) is 2.69. The van der Waals surface area contributed by atoms with E-state index in [0.29, 0.717) is 43.1 Å². The van der Waals surface area contributed by atoms with Crippen LogP contribution in [-0.2, 0) is 26.1 Å². The van der Waals surface area contributed by atoms with Gasteiger partial charge in [-0.15, -0.1) is 0 Å². The van der Waals surface area contributed by atoms with Crippen LogP contribution in [-0.4, -0.2) is 21.4 Å². The molecule has 27 heavy (non-hydrogen) atoms. The number of nitrogens with one attached hydrogen (secondary N) is 2. The van der Waals surface area contributed by atoms with Gasteiger partial charge < -0.3 is 5.32 Å². The van der Waals surface area contributed by atoms with E-state index in [4.69, 9.17) is 0 Å². The molecule has 3 aromatic rings. The number of aromatic nitrogens is 2. The summed E-state index contributed by atoms with van der Waals surface area (Å²) >= 11 is 0. The molecule has 2 aromatic carbocycles. The minimum Gasteiger partial charge on any atom is -0.352 e. The Morgan fingerprint density at radius 2 is 1.89 bits per heavy atom. The number of nitrogens with zero attached hydrogens (tertiary/aromatic N) is 2. The number of anilines is 1. The van der Waals surface area contributed by atoms with Crippen molar-refractivity contribution < 1.29 is 4.39 Å². The molecule has 5 nitrogen and oxygen atoms in total. The minimum atomic E-state index is -0.212. The predicted molar refractivity (Wildman–Crippen MR) is 103 cm³/mol. The van der Waals surface area contributed by atoms with Gasteiger partial charge in [0, 0.05) is 38.2 Å². The summed E-state index contributed by atoms with van der Waals surface area (Å²) in [5.74, 6) is 0.279. The standard InChI is InChI=1S/C21H21FN4O/c22-18-9-5-4-8-16(18)13-26-11-10-19-17(14-26)20(27)25-21(24-19)23-12-15-6-2-1-3-7-15/h1-9H,10-14H2,(H2,23,24,25,27). The Labute approximate surface area is 156 Å². The number of benzene rings is 2. The molecule has 0 unspecified atom stereocenters. The van der Waals surface area contributed by atoms with E-state index in [-0.39, 0.29) is 11.4 Å². The molecular formula is C21H21FN4O. The van der Waals surface area contributed by atoms with Crippen LogP contribution in [0.25, 0.3) is 0 Å². The van der Waals surface area contributed by atoms with E-state index in [1.165, 1.54) is 6.07 Å². The number of hydrogen-bond acceptors (Lipinski definition) is 4. The van der Waals surface area contributed by atoms with Crippen LogP contribution in [0.1, 0.15) is 22.4 Å². The summed E-state index contributed by atoms with van der Waals surface area (Å²) in [6.07, 6.45) is 0.674. The molecule has 0 saturated carbocycles. The molecule has 0 bridgehead atoms. The van der Waals surface area contributed by atoms with Crippen LogP contribution in [0, 0.1) is 5.82 Å². The lowest BCUT2D eigenvalue weighted by Gasteiger charge is -2.27. The van der Waals surface area contributed by atoms with E-state index in [1.54, 1.807) is 12.1 Å². The van der Waals surface area contributed by atoms with Crippen molar-refractivity contribution in [3.05, 3.63) is 93.2 Å². The van der Waals surface area contributed by atoms with Gasteiger partial charge >= 0.3 is 0 Å². The van der Waals surface area contributed by atoms with Crippen molar-refractivity contribution in [2.75, 3.05) is 11.9 Å². The Kier molecular flexibility index (Phi) is 4.98. The van der Waals surface area contributed by atoms with Gasteiger partial charge in [0.1, 0.15) is 5.82 Å². The molecule has 138 valence electrons. The Morgan fingerprint density at radius 3 is 2.70 bits per heavy atom. The SMILES string of the molecule is O=c1[nH]c(NCc2ccccc2)nc2c1CN(Cc1ccccc1F)CC2. The van der Waals surface area contributed by atoms with E-state index in [2.05, 4.69) is 20.2 Å². The molecule has 0 saturated heterocycles. The van der Waals surface area contributed by atoms with Gasteiger partial charge in [0.15, 0.2) is 0 Å². The molecule has 4 rings (SSSR count). The first kappa shape index (κ1) is 17.4. The lowest BCUT2D eigenvalue weighted by atomic mass is 10.1. The van der Waals surface area contributed by atoms with Crippen LogP contribution in [0.3, 0.4) is 0 Å². The van der Waals surface area contributed by atoms with Gasteiger partial charge in [-0.05, 0) is 11.6 Å². The fourth-order valence-corrected chi connectivity index (χ4v) is 3.35. The molecule has 0 radical (unpaired) electrons. The second kappa shape index (κ2) is 7.72. The molecular weight excluding hydrogens is 343 g/mol. The number of fused-ring (bicyclic) bond motifs is 1. The van der Waals surface area contributed by atoms with Crippen LogP contribution in [0.2, 0.25) is 0 Å². The first-order valence-electron chi connectivity index (χ1n) is 9.04. The summed E-state index contributed by atoms with van der Waals surface area (Å²) in [4.78, 5) is 22.0. The van der Waals surface area contributed by atoms with E-state index in [0.717, 1.165) is 17.8 Å². The molecule has 2 N–H and O–H groups in total. The van der Waals surface area contributed by atoms with E-state index in [1.807, 2.05) is 36.4 Å². The maximum atomic E-state index is 13.9. The quantitative estimate of drug-likeness (QED) is 0.730. The maximum Gasteiger partial charge on any atom is 0.257 e. The average molecular weight is 364 g/mol. The fraction of sp³-hybridized carbons (Fsp3) is 0.238. The third kappa shape index (κ3) is 4.06. The second-order valence-corrected chi connectivity index (χ2v) is 6.73. The number of halogens is 1. The highest BCUT2D eigenvalue weighted by molar-refractivity contribution is 5.32. The molecule has 0 amide bonds. The van der Waals surface area contributed by atoms with Gasteiger partial charge in [-0.2, -0.15) is 0 Å². The molecule has 2 heterocycles. The zero-order valence-electron chi connectivity index (χ0n) is 14.9. The van der Waals surface area contributed by atoms with Crippen molar-refractivity contribution in [1.82, 2.24) is 14.9 Å². The van der Waals surface area contributed by atoms with Gasteiger partial charge in [-0.25, -0.2) is 9.37 Å². The number of aromatic amines is 1. The van der Waals surface area contributed by atoms with Gasteiger partial charge in [0.05, 0.1) is 11.3 Å². The maximum absolute atomic E-state index is 13.9. The smallest absolute Gasteiger partial charge is 0.257 e. The van der Waals surface area contributed by atoms with E-state index < -0.39 is 0 Å². The normalized spacial score (nSPS) is 14.0. The van der Waals surface area contributed by atoms with E-state index in [9.17, 15) is 9.18 Å². The predicted octanol–water partition coefficient (Wildman–Crippen LogP) is 3.08. The molecule has 0 atom stereocenters. The summed E-state index contributed by atoms with van der Waals surface area (Å²) in [5.41, 5.74) is 3.12. The highest BCUT2D eigenvalue weighted by Gasteiger charge is 2.22. The van der Waals surface area contributed by atoms with Crippen LogP contribution in [0.15, 0.2) is 59.4 Å². The van der Waals surface area contributed by atoms with Crippen molar-refractivity contribution in [2.45, 2.75) is 26.1 Å². The van der Waals surface area contributed by atoms with Crippen LogP contribution >= 0.6 is 0 Å². The van der Waals surface area contributed by atoms with Gasteiger partial charge in [-0.3, -0.25) is 14.7 Å². The highest BCUT2D eigenvalue weighted by atomic mass is 19.1. The molecule has 0 aliphatic carbocycles. The molecule has 0 spiro atoms. The van der Waals surface area contributed by atoms with Gasteiger partial charge in [0.25, 0.3) is 5.56 Å². The highest BCUT2D eigenvalue weighted by Crippen LogP contribution is 2.18. The largest absolute Gasteiger partial charge is 0.352 e. The molecule has 6 heteroatoms. The van der Waals surface area contributed by atoms with Crippen molar-refractivity contribution in [3.63, 3.8) is 0 Å². The van der Waals surface area contributed by atoms with Crippen LogP contribution < -0.4 is 10.9 Å². The first-order chi connectivity index (χ1) is 13.2. The first-order valence-corrected chi connectivity index (χ1v) is 9.04. The summed E-state index contributed by atoms with van der Waals surface area (Å²) in [7, 11) is 0. The van der Waals surface area contributed by atoms with Crippen molar-refractivity contribution in [1.29, 1.82) is 0 Å². The Hall–Kier alpha value is -2.99. The lowest BCUT2D eigenvalue weighted by Crippen LogP contribution is -2.35. The van der Waals surface area contributed by atoms with Crippen molar-refractivity contribution >= 4 is 5.95 Å². The van der Waals surface area contributed by atoms with Crippen molar-refractivity contribution in [2.24, 2.45) is 0 Å². The van der Waals surface area contributed by atoms with Crippen LogP contribution in [0.5, 0.6) is 0 Å². The van der Waals surface area contributed by atoms with Gasteiger partial charge in [0.2, 0.25) is 5.95 Å². The Balaban J connectivity index is 1.46. The van der Waals surface area contributed by atoms with Crippen LogP contribution in [0.4, 0.5) is 10.3 Å². The zero-order valence-corrected chi connectivity index (χ0v) is 14.9. The van der Waals surface area contributed by atoms with E-state index >= 15 is 0 Å². The van der Waals surface area contributed by atoms with Gasteiger partial charge in [-0.1, -0.05) is 48.5 Å². The number of rotatable bonds is 5. The molecule has 0 fully saturated rings. The zero-order chi connectivity index (χ0) is 18.6. The summed E-state index contributed by atoms with van der Waals surface area (Å²) < 4.78 is 13.9. The summed E-state index contributed by atoms with van der Waals surface area (Å²) in [6, 6.07) is 16.7. The Bertz CT molecular complexity index is 987. The molecule has 1 aliphatic rings. The summed E-state index contributed by atoms with van der Waals surface area (Å²) in [5, 5.41) is 3.18. The number of H-pyrrole nitrogens is 1. The second-order valence-electron chi connectivity index (χ2n) is 6.73. The molecule has 1 aromatic heterocycles. The third-order valence-electron chi connectivity index (χ3n) is 4.80. The monoisotopic (exact) mass is 364 g/mol. The summed E-state index contributed by atoms with van der Waals surface area (Å²) in [6.45, 7) is 2.31. The minimum absolute atomic E-state index is 0.131.